The Labute approximate surface area is 184 Å². The molecule has 0 unspecified atom stereocenters. The van der Waals surface area contributed by atoms with Gasteiger partial charge >= 0.3 is 0 Å². The van der Waals surface area contributed by atoms with Crippen LogP contribution in [0.1, 0.15) is 18.4 Å². The molecular weight excluding hydrogens is 444 g/mol. The topological polar surface area (TPSA) is 67.4 Å². The van der Waals surface area contributed by atoms with E-state index in [0.29, 0.717) is 30.5 Å². The maximum Gasteiger partial charge on any atom is 0.263 e. The number of carbonyl (C=O) groups is 1. The molecular formula is C23H23BrN4O2. The van der Waals surface area contributed by atoms with Crippen LogP contribution in [0.25, 0.3) is 0 Å². The maximum atomic E-state index is 12.8. The zero-order valence-electron chi connectivity index (χ0n) is 16.5. The van der Waals surface area contributed by atoms with Crippen molar-refractivity contribution < 1.29 is 9.53 Å². The van der Waals surface area contributed by atoms with E-state index in [-0.39, 0.29) is 11.8 Å². The van der Waals surface area contributed by atoms with Gasteiger partial charge in [-0.05, 0) is 42.7 Å². The number of halogens is 1. The van der Waals surface area contributed by atoms with Crippen molar-refractivity contribution in [1.29, 1.82) is 0 Å². The van der Waals surface area contributed by atoms with Crippen molar-refractivity contribution >= 4 is 27.7 Å². The Balaban J connectivity index is 1.41. The zero-order valence-corrected chi connectivity index (χ0v) is 18.1. The normalized spacial score (nSPS) is 16.2. The molecule has 4 rings (SSSR count). The number of hydrogen-bond acceptors (Lipinski definition) is 5. The lowest BCUT2D eigenvalue weighted by Crippen LogP contribution is -2.43. The summed E-state index contributed by atoms with van der Waals surface area (Å²) in [6, 6.07) is 17.5. The van der Waals surface area contributed by atoms with Crippen LogP contribution in [0.4, 0.5) is 5.82 Å². The average molecular weight is 467 g/mol. The van der Waals surface area contributed by atoms with Crippen LogP contribution in [-0.2, 0) is 11.3 Å². The first kappa shape index (κ1) is 20.3. The van der Waals surface area contributed by atoms with E-state index in [0.717, 1.165) is 29.4 Å². The molecule has 1 aliphatic heterocycles. The van der Waals surface area contributed by atoms with Gasteiger partial charge in [0.2, 0.25) is 5.91 Å². The molecule has 0 radical (unpaired) electrons. The lowest BCUT2D eigenvalue weighted by atomic mass is 9.97. The Bertz CT molecular complexity index is 982. The van der Waals surface area contributed by atoms with Gasteiger partial charge in [0.15, 0.2) is 5.82 Å². The fourth-order valence-electron chi connectivity index (χ4n) is 3.53. The summed E-state index contributed by atoms with van der Waals surface area (Å²) in [6.45, 7) is 1.94. The molecule has 2 aromatic carbocycles. The molecule has 0 spiro atoms. The van der Waals surface area contributed by atoms with Gasteiger partial charge in [-0.3, -0.25) is 4.79 Å². The van der Waals surface area contributed by atoms with E-state index in [4.69, 9.17) is 4.74 Å². The minimum absolute atomic E-state index is 0.0667. The molecule has 0 bridgehead atoms. The summed E-state index contributed by atoms with van der Waals surface area (Å²) in [4.78, 5) is 23.7. The molecule has 7 heteroatoms. The first-order valence-corrected chi connectivity index (χ1v) is 10.8. The number of ether oxygens (including phenoxy) is 1. The summed E-state index contributed by atoms with van der Waals surface area (Å²) in [5, 5.41) is 3.07. The molecule has 30 heavy (non-hydrogen) atoms. The van der Waals surface area contributed by atoms with Gasteiger partial charge in [0.05, 0.1) is 5.92 Å². The van der Waals surface area contributed by atoms with Gasteiger partial charge < -0.3 is 15.0 Å². The van der Waals surface area contributed by atoms with Crippen molar-refractivity contribution in [2.24, 2.45) is 5.92 Å². The Morgan fingerprint density at radius 3 is 2.67 bits per heavy atom. The average Bonchev–Trinajstić information content (AvgIpc) is 2.80. The van der Waals surface area contributed by atoms with Crippen LogP contribution < -0.4 is 15.0 Å². The lowest BCUT2D eigenvalue weighted by Gasteiger charge is -2.33. The van der Waals surface area contributed by atoms with Crippen LogP contribution in [0.2, 0.25) is 0 Å². The highest BCUT2D eigenvalue weighted by molar-refractivity contribution is 9.10. The molecule has 0 saturated carbocycles. The predicted octanol–water partition coefficient (Wildman–Crippen LogP) is 4.56. The molecule has 1 fully saturated rings. The summed E-state index contributed by atoms with van der Waals surface area (Å²) >= 11 is 3.43. The van der Waals surface area contributed by atoms with E-state index in [1.54, 1.807) is 12.4 Å². The molecule has 2 heterocycles. The summed E-state index contributed by atoms with van der Waals surface area (Å²) in [5.41, 5.74) is 1.08. The number of nitrogens with zero attached hydrogens (tertiary/aromatic N) is 3. The van der Waals surface area contributed by atoms with Crippen molar-refractivity contribution in [1.82, 2.24) is 15.3 Å². The van der Waals surface area contributed by atoms with Crippen molar-refractivity contribution in [3.63, 3.8) is 0 Å². The zero-order chi connectivity index (χ0) is 20.8. The number of benzene rings is 2. The van der Waals surface area contributed by atoms with Crippen LogP contribution in [0.15, 0.2) is 71.5 Å². The number of anilines is 1. The Morgan fingerprint density at radius 1 is 1.10 bits per heavy atom. The first-order chi connectivity index (χ1) is 14.7. The number of carbonyl (C=O) groups excluding carboxylic acids is 1. The maximum absolute atomic E-state index is 12.8. The lowest BCUT2D eigenvalue weighted by molar-refractivity contribution is -0.125. The smallest absolute Gasteiger partial charge is 0.263 e. The quantitative estimate of drug-likeness (QED) is 0.576. The van der Waals surface area contributed by atoms with Crippen molar-refractivity contribution in [3.8, 4) is 11.6 Å². The summed E-state index contributed by atoms with van der Waals surface area (Å²) < 4.78 is 6.98. The first-order valence-electron chi connectivity index (χ1n) is 10.00. The molecule has 1 amide bonds. The number of amides is 1. The Kier molecular flexibility index (Phi) is 6.59. The van der Waals surface area contributed by atoms with E-state index in [2.05, 4.69) is 36.1 Å². The second-order valence-electron chi connectivity index (χ2n) is 7.23. The molecule has 1 N–H and O–H groups in total. The Hall–Kier alpha value is -2.93. The highest BCUT2D eigenvalue weighted by Gasteiger charge is 2.28. The number of piperidine rings is 1. The molecule has 0 aliphatic carbocycles. The van der Waals surface area contributed by atoms with E-state index in [1.807, 2.05) is 54.6 Å². The summed E-state index contributed by atoms with van der Waals surface area (Å²) in [7, 11) is 0. The molecule has 1 aromatic heterocycles. The SMILES string of the molecule is O=C(NCc1ccc(Br)cc1)[C@H]1CCCN(c2nccnc2Oc2ccccc2)C1. The standard InChI is InChI=1S/C23H23BrN4O2/c24-19-10-8-17(9-11-19)15-27-22(29)18-5-4-14-28(16-18)21-23(26-13-12-25-21)30-20-6-2-1-3-7-20/h1-3,6-13,18H,4-5,14-16H2,(H,27,29)/t18-/m0/s1. The fourth-order valence-corrected chi connectivity index (χ4v) is 3.79. The van der Waals surface area contributed by atoms with Gasteiger partial charge in [0.1, 0.15) is 5.75 Å². The number of rotatable bonds is 6. The van der Waals surface area contributed by atoms with Gasteiger partial charge in [-0.15, -0.1) is 0 Å². The van der Waals surface area contributed by atoms with E-state index in [1.165, 1.54) is 0 Å². The molecule has 3 aromatic rings. The highest BCUT2D eigenvalue weighted by atomic mass is 79.9. The van der Waals surface area contributed by atoms with Gasteiger partial charge in [-0.2, -0.15) is 0 Å². The molecule has 1 atom stereocenters. The van der Waals surface area contributed by atoms with Crippen molar-refractivity contribution in [2.45, 2.75) is 19.4 Å². The van der Waals surface area contributed by atoms with E-state index >= 15 is 0 Å². The number of aromatic nitrogens is 2. The highest BCUT2D eigenvalue weighted by Crippen LogP contribution is 2.31. The number of hydrogen-bond donors (Lipinski definition) is 1. The predicted molar refractivity (Wildman–Crippen MR) is 119 cm³/mol. The molecule has 6 nitrogen and oxygen atoms in total. The van der Waals surface area contributed by atoms with Crippen LogP contribution in [0.5, 0.6) is 11.6 Å². The third kappa shape index (κ3) is 5.16. The van der Waals surface area contributed by atoms with Gasteiger partial charge in [-0.1, -0.05) is 46.3 Å². The van der Waals surface area contributed by atoms with Crippen LogP contribution in [-0.4, -0.2) is 29.0 Å². The van der Waals surface area contributed by atoms with Crippen molar-refractivity contribution in [3.05, 3.63) is 77.0 Å². The van der Waals surface area contributed by atoms with Gasteiger partial charge in [0.25, 0.3) is 5.88 Å². The molecule has 1 saturated heterocycles. The minimum atomic E-state index is -0.0965. The second-order valence-corrected chi connectivity index (χ2v) is 8.15. The second kappa shape index (κ2) is 9.71. The van der Waals surface area contributed by atoms with Crippen LogP contribution in [0, 0.1) is 5.92 Å². The fraction of sp³-hybridized carbons (Fsp3) is 0.261. The third-order valence-corrected chi connectivity index (χ3v) is 5.60. The number of nitrogens with one attached hydrogen (secondary N) is 1. The van der Waals surface area contributed by atoms with E-state index in [9.17, 15) is 4.79 Å². The van der Waals surface area contributed by atoms with Crippen molar-refractivity contribution in [2.75, 3.05) is 18.0 Å². The third-order valence-electron chi connectivity index (χ3n) is 5.08. The van der Waals surface area contributed by atoms with Gasteiger partial charge in [-0.25, -0.2) is 9.97 Å². The van der Waals surface area contributed by atoms with Gasteiger partial charge in [0, 0.05) is 36.5 Å². The van der Waals surface area contributed by atoms with Crippen LogP contribution >= 0.6 is 15.9 Å². The largest absolute Gasteiger partial charge is 0.436 e. The van der Waals surface area contributed by atoms with E-state index < -0.39 is 0 Å². The Morgan fingerprint density at radius 2 is 1.87 bits per heavy atom. The molecule has 1 aliphatic rings. The number of para-hydroxylation sites is 1. The molecule has 154 valence electrons. The minimum Gasteiger partial charge on any atom is -0.436 e. The summed E-state index contributed by atoms with van der Waals surface area (Å²) in [6.07, 6.45) is 5.05. The monoisotopic (exact) mass is 466 g/mol. The van der Waals surface area contributed by atoms with Crippen LogP contribution in [0.3, 0.4) is 0 Å². The summed E-state index contributed by atoms with van der Waals surface area (Å²) in [5.74, 6) is 1.81.